The maximum atomic E-state index is 12.5. The van der Waals surface area contributed by atoms with Crippen LogP contribution in [0.15, 0.2) is 24.3 Å². The molecule has 1 aliphatic rings. The second-order valence-electron chi connectivity index (χ2n) is 6.23. The first kappa shape index (κ1) is 17.0. The summed E-state index contributed by atoms with van der Waals surface area (Å²) in [6, 6.07) is 8.24. The van der Waals surface area contributed by atoms with Crippen molar-refractivity contribution in [3.8, 4) is 0 Å². The number of hydrogen-bond donors (Lipinski definition) is 0. The average Bonchev–Trinajstić information content (AvgIpc) is 3.01. The van der Waals surface area contributed by atoms with Crippen LogP contribution in [0.25, 0.3) is 0 Å². The summed E-state index contributed by atoms with van der Waals surface area (Å²) < 4.78 is 5.43. The number of likely N-dealkylation sites (N-methyl/N-ethyl adjacent to an activating group) is 2. The first-order valence-corrected chi connectivity index (χ1v) is 8.18. The Balaban J connectivity index is 1.85. The second kappa shape index (κ2) is 8.30. The zero-order valence-electron chi connectivity index (χ0n) is 14.0. The number of carbonyl (C=O) groups is 1. The van der Waals surface area contributed by atoms with Crippen LogP contribution in [0.3, 0.4) is 0 Å². The fourth-order valence-corrected chi connectivity index (χ4v) is 2.84. The van der Waals surface area contributed by atoms with Crippen LogP contribution in [-0.4, -0.2) is 55.6 Å². The van der Waals surface area contributed by atoms with E-state index in [-0.39, 0.29) is 5.91 Å². The molecule has 1 aromatic rings. The molecule has 0 spiro atoms. The maximum absolute atomic E-state index is 12.5. The predicted octanol–water partition coefficient (Wildman–Crippen LogP) is 2.31. The average molecular weight is 304 g/mol. The Hall–Kier alpha value is -1.39. The number of rotatable bonds is 7. The van der Waals surface area contributed by atoms with Gasteiger partial charge in [0.15, 0.2) is 0 Å². The molecule has 22 heavy (non-hydrogen) atoms. The third-order valence-electron chi connectivity index (χ3n) is 4.44. The third-order valence-corrected chi connectivity index (χ3v) is 4.44. The summed E-state index contributed by atoms with van der Waals surface area (Å²) in [5.74, 6) is 0.762. The highest BCUT2D eigenvalue weighted by Gasteiger charge is 2.21. The maximum Gasteiger partial charge on any atom is 0.236 e. The van der Waals surface area contributed by atoms with Crippen molar-refractivity contribution >= 4 is 5.91 Å². The van der Waals surface area contributed by atoms with Gasteiger partial charge in [-0.3, -0.25) is 9.69 Å². The SMILES string of the molecule is CCN(CC(=O)N(C)Cc1ccccc1C)CC1CCOC1. The van der Waals surface area contributed by atoms with Gasteiger partial charge in [-0.15, -0.1) is 0 Å². The van der Waals surface area contributed by atoms with Crippen molar-refractivity contribution in [1.82, 2.24) is 9.80 Å². The highest BCUT2D eigenvalue weighted by Crippen LogP contribution is 2.14. The highest BCUT2D eigenvalue weighted by molar-refractivity contribution is 5.78. The molecular formula is C18H28N2O2. The van der Waals surface area contributed by atoms with Crippen LogP contribution in [-0.2, 0) is 16.1 Å². The molecule has 1 unspecified atom stereocenters. The van der Waals surface area contributed by atoms with Crippen molar-refractivity contribution in [2.45, 2.75) is 26.8 Å². The first-order valence-electron chi connectivity index (χ1n) is 8.18. The van der Waals surface area contributed by atoms with Crippen molar-refractivity contribution in [1.29, 1.82) is 0 Å². The molecule has 1 heterocycles. The fourth-order valence-electron chi connectivity index (χ4n) is 2.84. The van der Waals surface area contributed by atoms with Gasteiger partial charge in [0.1, 0.15) is 0 Å². The van der Waals surface area contributed by atoms with E-state index in [9.17, 15) is 4.79 Å². The Labute approximate surface area is 134 Å². The number of hydrogen-bond acceptors (Lipinski definition) is 3. The van der Waals surface area contributed by atoms with Crippen LogP contribution in [0.5, 0.6) is 0 Å². The summed E-state index contributed by atoms with van der Waals surface area (Å²) in [6.45, 7) is 8.94. The summed E-state index contributed by atoms with van der Waals surface area (Å²) in [4.78, 5) is 16.5. The molecule has 4 heteroatoms. The molecule has 0 radical (unpaired) electrons. The monoisotopic (exact) mass is 304 g/mol. The predicted molar refractivity (Wildman–Crippen MR) is 88.7 cm³/mol. The topological polar surface area (TPSA) is 32.8 Å². The lowest BCUT2D eigenvalue weighted by Crippen LogP contribution is -2.40. The molecule has 2 rings (SSSR count). The van der Waals surface area contributed by atoms with Crippen molar-refractivity contribution in [3.05, 3.63) is 35.4 Å². The van der Waals surface area contributed by atoms with Crippen LogP contribution < -0.4 is 0 Å². The van der Waals surface area contributed by atoms with Gasteiger partial charge < -0.3 is 9.64 Å². The lowest BCUT2D eigenvalue weighted by molar-refractivity contribution is -0.131. The van der Waals surface area contributed by atoms with E-state index < -0.39 is 0 Å². The Morgan fingerprint density at radius 3 is 2.77 bits per heavy atom. The summed E-state index contributed by atoms with van der Waals surface area (Å²) in [7, 11) is 1.89. The number of nitrogens with zero attached hydrogens (tertiary/aromatic N) is 2. The highest BCUT2D eigenvalue weighted by atomic mass is 16.5. The molecule has 1 saturated heterocycles. The van der Waals surface area contributed by atoms with Crippen molar-refractivity contribution < 1.29 is 9.53 Å². The molecular weight excluding hydrogens is 276 g/mol. The van der Waals surface area contributed by atoms with Gasteiger partial charge >= 0.3 is 0 Å². The molecule has 1 amide bonds. The Morgan fingerprint density at radius 1 is 1.36 bits per heavy atom. The Bertz CT molecular complexity index is 484. The first-order chi connectivity index (χ1) is 10.6. The van der Waals surface area contributed by atoms with E-state index in [1.807, 2.05) is 24.1 Å². The van der Waals surface area contributed by atoms with E-state index in [0.29, 0.717) is 19.0 Å². The Morgan fingerprint density at radius 2 is 2.14 bits per heavy atom. The minimum atomic E-state index is 0.184. The van der Waals surface area contributed by atoms with E-state index in [4.69, 9.17) is 4.74 Å². The molecule has 1 aliphatic heterocycles. The van der Waals surface area contributed by atoms with Crippen LogP contribution >= 0.6 is 0 Å². The number of amides is 1. The van der Waals surface area contributed by atoms with Crippen LogP contribution in [0.1, 0.15) is 24.5 Å². The molecule has 1 fully saturated rings. The van der Waals surface area contributed by atoms with E-state index in [1.165, 1.54) is 11.1 Å². The molecule has 0 aromatic heterocycles. The number of benzene rings is 1. The van der Waals surface area contributed by atoms with E-state index in [1.54, 1.807) is 0 Å². The van der Waals surface area contributed by atoms with Crippen LogP contribution in [0.4, 0.5) is 0 Å². The zero-order chi connectivity index (χ0) is 15.9. The van der Waals surface area contributed by atoms with E-state index in [2.05, 4.69) is 30.9 Å². The van der Waals surface area contributed by atoms with Gasteiger partial charge in [0, 0.05) is 26.7 Å². The van der Waals surface area contributed by atoms with Gasteiger partial charge in [-0.05, 0) is 36.9 Å². The molecule has 0 aliphatic carbocycles. The van der Waals surface area contributed by atoms with Gasteiger partial charge in [-0.1, -0.05) is 31.2 Å². The van der Waals surface area contributed by atoms with Gasteiger partial charge in [0.2, 0.25) is 5.91 Å². The smallest absolute Gasteiger partial charge is 0.236 e. The third kappa shape index (κ3) is 4.82. The minimum absolute atomic E-state index is 0.184. The Kier molecular flexibility index (Phi) is 6.40. The van der Waals surface area contributed by atoms with E-state index in [0.717, 1.165) is 32.7 Å². The quantitative estimate of drug-likeness (QED) is 0.775. The van der Waals surface area contributed by atoms with Gasteiger partial charge in [-0.2, -0.15) is 0 Å². The van der Waals surface area contributed by atoms with Gasteiger partial charge in [0.05, 0.1) is 13.2 Å². The molecule has 0 bridgehead atoms. The second-order valence-corrected chi connectivity index (χ2v) is 6.23. The molecule has 0 N–H and O–H groups in total. The van der Waals surface area contributed by atoms with Gasteiger partial charge in [-0.25, -0.2) is 0 Å². The molecule has 1 aromatic carbocycles. The fraction of sp³-hybridized carbons (Fsp3) is 0.611. The minimum Gasteiger partial charge on any atom is -0.381 e. The molecule has 122 valence electrons. The van der Waals surface area contributed by atoms with Crippen LogP contribution in [0, 0.1) is 12.8 Å². The standard InChI is InChI=1S/C18H28N2O2/c1-4-20(11-16-9-10-22-14-16)13-18(21)19(3)12-17-8-6-5-7-15(17)2/h5-8,16H,4,9-14H2,1-3H3. The van der Waals surface area contributed by atoms with Crippen molar-refractivity contribution in [2.24, 2.45) is 5.92 Å². The molecule has 0 saturated carbocycles. The number of aryl methyl sites for hydroxylation is 1. The summed E-state index contributed by atoms with van der Waals surface area (Å²) in [6.07, 6.45) is 1.11. The largest absolute Gasteiger partial charge is 0.381 e. The molecule has 4 nitrogen and oxygen atoms in total. The molecule has 1 atom stereocenters. The van der Waals surface area contributed by atoms with Crippen molar-refractivity contribution in [2.75, 3.05) is 39.9 Å². The lowest BCUT2D eigenvalue weighted by Gasteiger charge is -2.26. The zero-order valence-corrected chi connectivity index (χ0v) is 14.0. The summed E-state index contributed by atoms with van der Waals surface area (Å²) in [5, 5.41) is 0. The summed E-state index contributed by atoms with van der Waals surface area (Å²) >= 11 is 0. The number of ether oxygens (including phenoxy) is 1. The van der Waals surface area contributed by atoms with Crippen molar-refractivity contribution in [3.63, 3.8) is 0 Å². The lowest BCUT2D eigenvalue weighted by atomic mass is 10.1. The van der Waals surface area contributed by atoms with Crippen LogP contribution in [0.2, 0.25) is 0 Å². The normalized spacial score (nSPS) is 17.9. The summed E-state index contributed by atoms with van der Waals surface area (Å²) in [5.41, 5.74) is 2.45. The van der Waals surface area contributed by atoms with E-state index >= 15 is 0 Å². The van der Waals surface area contributed by atoms with Gasteiger partial charge in [0.25, 0.3) is 0 Å². The number of carbonyl (C=O) groups excluding carboxylic acids is 1.